The maximum absolute atomic E-state index is 13.4. The van der Waals surface area contributed by atoms with Crippen molar-refractivity contribution in [1.29, 1.82) is 0 Å². The van der Waals surface area contributed by atoms with Crippen molar-refractivity contribution in [2.75, 3.05) is 13.2 Å². The van der Waals surface area contributed by atoms with Gasteiger partial charge in [-0.3, -0.25) is 9.59 Å². The SMILES string of the molecule is CC/C=C/C=C/C=C\C=C/C=C/CCCC(=O)OC1C(OCC(NC(=O)C(O)CCCCCCCCCCCCCCCCCC/C=C\C/C=C\CCCCC)C(O)/C=C/CCCCCCCCCCCC)OC(CO)C(O)C1O. The van der Waals surface area contributed by atoms with E-state index in [1.807, 2.05) is 60.8 Å². The summed E-state index contributed by atoms with van der Waals surface area (Å²) in [6, 6.07) is -1.04. The maximum atomic E-state index is 13.4. The second-order valence-electron chi connectivity index (χ2n) is 22.2. The molecule has 0 aromatic carbocycles. The third-order valence-electron chi connectivity index (χ3n) is 14.8. The number of esters is 1. The van der Waals surface area contributed by atoms with Gasteiger partial charge in [0, 0.05) is 6.42 Å². The van der Waals surface area contributed by atoms with Crippen LogP contribution in [0.3, 0.4) is 0 Å². The second-order valence-corrected chi connectivity index (χ2v) is 22.2. The van der Waals surface area contributed by atoms with Gasteiger partial charge in [-0.2, -0.15) is 0 Å². The van der Waals surface area contributed by atoms with E-state index in [4.69, 9.17) is 14.2 Å². The van der Waals surface area contributed by atoms with E-state index in [2.05, 4.69) is 56.5 Å². The summed E-state index contributed by atoms with van der Waals surface area (Å²) in [4.78, 5) is 26.5. The molecule has 8 atom stereocenters. The molecule has 1 fully saturated rings. The molecule has 80 heavy (non-hydrogen) atoms. The lowest BCUT2D eigenvalue weighted by atomic mass is 9.99. The molecular weight excluding hydrogens is 1000 g/mol. The van der Waals surface area contributed by atoms with Crippen LogP contribution in [0.25, 0.3) is 0 Å². The fourth-order valence-corrected chi connectivity index (χ4v) is 9.71. The van der Waals surface area contributed by atoms with E-state index in [-0.39, 0.29) is 19.4 Å². The van der Waals surface area contributed by atoms with Crippen molar-refractivity contribution in [3.8, 4) is 0 Å². The number of rotatable bonds is 54. The number of amides is 1. The van der Waals surface area contributed by atoms with Crippen molar-refractivity contribution in [3.63, 3.8) is 0 Å². The van der Waals surface area contributed by atoms with Crippen molar-refractivity contribution in [2.45, 2.75) is 314 Å². The largest absolute Gasteiger partial charge is 0.454 e. The molecule has 460 valence electrons. The first-order valence-electron chi connectivity index (χ1n) is 32.6. The Labute approximate surface area is 488 Å². The van der Waals surface area contributed by atoms with Crippen LogP contribution in [0.2, 0.25) is 0 Å². The standard InChI is InChI=1S/C69H119NO10/c1-4-7-10-13-16-19-22-25-26-27-28-29-30-31-32-33-34-35-36-37-39-41-44-47-50-53-56-62(73)68(77)70-60(61(72)55-52-49-46-43-40-24-21-18-15-12-9-6-3)59-78-69-67(66(76)65(75)63(58-71)79-69)80-64(74)57-54-51-48-45-42-38-23-20-17-14-11-8-5-2/h8,11,14,16-17,19-20,23,25-26,38,42,45,48,52,55,60-63,65-67,69,71-73,75-76H,4-7,9-10,12-13,15,18,21-22,24,27-37,39-41,43-44,46-47,49-51,53-54,56-59H2,1-3H3,(H,70,77)/b11-8+,17-14+,19-16-,23-20-,26-25-,42-38-,48-45+,55-52+. The van der Waals surface area contributed by atoms with Crippen LogP contribution < -0.4 is 5.32 Å². The third-order valence-corrected chi connectivity index (χ3v) is 14.8. The normalized spacial score (nSPS) is 19.4. The molecule has 1 aliphatic heterocycles. The van der Waals surface area contributed by atoms with E-state index >= 15 is 0 Å². The summed E-state index contributed by atoms with van der Waals surface area (Å²) >= 11 is 0. The molecule has 11 nitrogen and oxygen atoms in total. The summed E-state index contributed by atoms with van der Waals surface area (Å²) in [6.45, 7) is 5.58. The molecule has 1 rings (SSSR count). The molecule has 6 N–H and O–H groups in total. The molecular formula is C69H119NO10. The van der Waals surface area contributed by atoms with E-state index in [9.17, 15) is 35.1 Å². The monoisotopic (exact) mass is 1120 g/mol. The van der Waals surface area contributed by atoms with Gasteiger partial charge in [-0.15, -0.1) is 0 Å². The van der Waals surface area contributed by atoms with Crippen LogP contribution in [0.1, 0.15) is 265 Å². The summed E-state index contributed by atoms with van der Waals surface area (Å²) in [5, 5.41) is 57.0. The van der Waals surface area contributed by atoms with Gasteiger partial charge in [-0.1, -0.05) is 285 Å². The molecule has 1 heterocycles. The lowest BCUT2D eigenvalue weighted by Crippen LogP contribution is -2.61. The van der Waals surface area contributed by atoms with E-state index < -0.39 is 67.4 Å². The second kappa shape index (κ2) is 56.1. The van der Waals surface area contributed by atoms with Gasteiger partial charge < -0.3 is 45.1 Å². The Hall–Kier alpha value is -3.42. The minimum atomic E-state index is -1.65. The quantitative estimate of drug-likeness (QED) is 0.0149. The first-order chi connectivity index (χ1) is 39.2. The summed E-state index contributed by atoms with van der Waals surface area (Å²) in [6.07, 6.45) is 64.8. The van der Waals surface area contributed by atoms with Crippen LogP contribution in [-0.4, -0.2) is 99.6 Å². The molecule has 1 saturated heterocycles. The molecule has 0 aliphatic carbocycles. The molecule has 8 unspecified atom stereocenters. The van der Waals surface area contributed by atoms with Gasteiger partial charge in [0.1, 0.15) is 24.4 Å². The predicted molar refractivity (Wildman–Crippen MR) is 333 cm³/mol. The lowest BCUT2D eigenvalue weighted by molar-refractivity contribution is -0.305. The number of unbranched alkanes of at least 4 members (excludes halogenated alkanes) is 30. The molecule has 0 aromatic heterocycles. The van der Waals surface area contributed by atoms with Crippen molar-refractivity contribution in [3.05, 3.63) is 97.2 Å². The molecule has 0 saturated carbocycles. The van der Waals surface area contributed by atoms with E-state index in [1.165, 1.54) is 154 Å². The number of aliphatic hydroxyl groups excluding tert-OH is 5. The number of allylic oxidation sites excluding steroid dienone is 15. The van der Waals surface area contributed by atoms with Crippen LogP contribution in [0.4, 0.5) is 0 Å². The Morgan fingerprint density at radius 2 is 0.950 bits per heavy atom. The number of hydrogen-bond donors (Lipinski definition) is 6. The summed E-state index contributed by atoms with van der Waals surface area (Å²) in [5.74, 6) is -1.27. The average molecular weight is 1120 g/mol. The minimum absolute atomic E-state index is 0.0241. The number of ether oxygens (including phenoxy) is 3. The third kappa shape index (κ3) is 43.3. The zero-order chi connectivity index (χ0) is 58.2. The number of aliphatic hydroxyl groups is 5. The number of carbonyl (C=O) groups is 2. The van der Waals surface area contributed by atoms with Crippen molar-refractivity contribution in [1.82, 2.24) is 5.32 Å². The highest BCUT2D eigenvalue weighted by Gasteiger charge is 2.47. The average Bonchev–Trinajstić information content (AvgIpc) is 3.45. The Morgan fingerprint density at radius 3 is 1.46 bits per heavy atom. The first kappa shape index (κ1) is 74.6. The number of hydrogen-bond acceptors (Lipinski definition) is 10. The van der Waals surface area contributed by atoms with Crippen LogP contribution in [0.15, 0.2) is 97.2 Å². The van der Waals surface area contributed by atoms with Crippen molar-refractivity contribution < 1.29 is 49.3 Å². The summed E-state index contributed by atoms with van der Waals surface area (Å²) in [5.41, 5.74) is 0. The molecule has 11 heteroatoms. The van der Waals surface area contributed by atoms with Crippen LogP contribution in [0, 0.1) is 0 Å². The number of carbonyl (C=O) groups excluding carboxylic acids is 2. The lowest BCUT2D eigenvalue weighted by Gasteiger charge is -2.41. The highest BCUT2D eigenvalue weighted by molar-refractivity contribution is 5.80. The zero-order valence-corrected chi connectivity index (χ0v) is 50.9. The van der Waals surface area contributed by atoms with Crippen molar-refractivity contribution >= 4 is 11.9 Å². The van der Waals surface area contributed by atoms with E-state index in [0.29, 0.717) is 19.3 Å². The van der Waals surface area contributed by atoms with Crippen LogP contribution in [0.5, 0.6) is 0 Å². The number of nitrogens with one attached hydrogen (secondary N) is 1. The first-order valence-corrected chi connectivity index (χ1v) is 32.6. The Morgan fingerprint density at radius 1 is 0.512 bits per heavy atom. The van der Waals surface area contributed by atoms with Crippen molar-refractivity contribution in [2.24, 2.45) is 0 Å². The molecule has 0 aromatic rings. The maximum Gasteiger partial charge on any atom is 0.306 e. The fraction of sp³-hybridized carbons (Fsp3) is 0.739. The van der Waals surface area contributed by atoms with Gasteiger partial charge in [-0.05, 0) is 70.6 Å². The Kier molecular flexibility index (Phi) is 52.3. The van der Waals surface area contributed by atoms with Gasteiger partial charge in [-0.25, -0.2) is 0 Å². The zero-order valence-electron chi connectivity index (χ0n) is 50.9. The smallest absolute Gasteiger partial charge is 0.306 e. The van der Waals surface area contributed by atoms with E-state index in [0.717, 1.165) is 57.8 Å². The van der Waals surface area contributed by atoms with E-state index in [1.54, 1.807) is 6.08 Å². The van der Waals surface area contributed by atoms with Gasteiger partial charge in [0.2, 0.25) is 5.91 Å². The topological polar surface area (TPSA) is 175 Å². The fourth-order valence-electron chi connectivity index (χ4n) is 9.71. The Balaban J connectivity index is 2.60. The van der Waals surface area contributed by atoms with Gasteiger partial charge in [0.25, 0.3) is 0 Å². The highest BCUT2D eigenvalue weighted by atomic mass is 16.7. The molecule has 0 spiro atoms. The van der Waals surface area contributed by atoms with Gasteiger partial charge in [0.05, 0.1) is 25.4 Å². The van der Waals surface area contributed by atoms with Crippen LogP contribution in [-0.2, 0) is 23.8 Å². The molecule has 1 amide bonds. The molecule has 1 aliphatic rings. The summed E-state index contributed by atoms with van der Waals surface area (Å²) in [7, 11) is 0. The summed E-state index contributed by atoms with van der Waals surface area (Å²) < 4.78 is 17.5. The highest BCUT2D eigenvalue weighted by Crippen LogP contribution is 2.26. The van der Waals surface area contributed by atoms with Gasteiger partial charge >= 0.3 is 5.97 Å². The predicted octanol–water partition coefficient (Wildman–Crippen LogP) is 15.9. The minimum Gasteiger partial charge on any atom is -0.454 e. The van der Waals surface area contributed by atoms with Gasteiger partial charge in [0.15, 0.2) is 12.4 Å². The molecule has 0 bridgehead atoms. The molecule has 0 radical (unpaired) electrons. The van der Waals surface area contributed by atoms with Crippen LogP contribution >= 0.6 is 0 Å². The Bertz CT molecular complexity index is 1670.